The maximum absolute atomic E-state index is 12.3. The van der Waals surface area contributed by atoms with Crippen molar-refractivity contribution in [1.29, 1.82) is 0 Å². The number of thioether (sulfide) groups is 2. The van der Waals surface area contributed by atoms with E-state index in [1.165, 1.54) is 11.8 Å². The first kappa shape index (κ1) is 16.0. The van der Waals surface area contributed by atoms with Gasteiger partial charge in [0.05, 0.1) is 5.25 Å². The van der Waals surface area contributed by atoms with Crippen LogP contribution in [0.1, 0.15) is 24.2 Å². The van der Waals surface area contributed by atoms with Gasteiger partial charge in [0.15, 0.2) is 14.5 Å². The lowest BCUT2D eigenvalue weighted by molar-refractivity contribution is 0.0994. The van der Waals surface area contributed by atoms with Crippen molar-refractivity contribution < 1.29 is 4.79 Å². The lowest BCUT2D eigenvalue weighted by Crippen LogP contribution is -2.13. The number of rotatable bonds is 6. The quantitative estimate of drug-likeness (QED) is 0.526. The number of carbonyl (C=O) groups is 1. The summed E-state index contributed by atoms with van der Waals surface area (Å²) in [6, 6.07) is 7.43. The van der Waals surface area contributed by atoms with E-state index in [1.54, 1.807) is 23.1 Å². The van der Waals surface area contributed by atoms with E-state index in [1.807, 2.05) is 31.2 Å². The fourth-order valence-electron chi connectivity index (χ4n) is 1.48. The summed E-state index contributed by atoms with van der Waals surface area (Å²) >= 11 is 8.05. The number of Topliss-reactive ketones (excluding diaryl/α,β-unsaturated/α-hetero) is 1. The molecule has 1 atom stereocenters. The number of carbonyl (C=O) groups excluding carboxylic acids is 1. The van der Waals surface area contributed by atoms with Crippen LogP contribution in [0, 0.1) is 0 Å². The highest BCUT2D eigenvalue weighted by molar-refractivity contribution is 9.10. The van der Waals surface area contributed by atoms with Crippen LogP contribution in [0.2, 0.25) is 0 Å². The normalized spacial score (nSPS) is 12.3. The second-order valence-corrected chi connectivity index (χ2v) is 8.89. The predicted octanol–water partition coefficient (Wildman–Crippen LogP) is 4.78. The Bertz CT molecular complexity index is 586. The van der Waals surface area contributed by atoms with Gasteiger partial charge >= 0.3 is 0 Å². The van der Waals surface area contributed by atoms with Crippen molar-refractivity contribution in [3.63, 3.8) is 0 Å². The lowest BCUT2D eigenvalue weighted by atomic mass is 10.1. The van der Waals surface area contributed by atoms with Crippen LogP contribution in [0.5, 0.6) is 0 Å². The predicted molar refractivity (Wildman–Crippen MR) is 90.1 cm³/mol. The molecule has 1 aromatic heterocycles. The van der Waals surface area contributed by atoms with E-state index >= 15 is 0 Å². The van der Waals surface area contributed by atoms with Gasteiger partial charge in [-0.2, -0.15) is 0 Å². The SMILES string of the molecule is CCSc1nnc(SC(C)C(=O)c2ccc(Br)cc2)s1. The molecule has 106 valence electrons. The van der Waals surface area contributed by atoms with Crippen LogP contribution >= 0.6 is 50.8 Å². The first-order valence-corrected chi connectivity index (χ1v) is 9.50. The number of ketones is 1. The molecule has 0 bridgehead atoms. The highest BCUT2D eigenvalue weighted by Gasteiger charge is 2.18. The molecule has 0 saturated heterocycles. The van der Waals surface area contributed by atoms with Gasteiger partial charge in [0, 0.05) is 10.0 Å². The van der Waals surface area contributed by atoms with E-state index in [9.17, 15) is 4.79 Å². The first-order chi connectivity index (χ1) is 9.60. The van der Waals surface area contributed by atoms with Crippen molar-refractivity contribution in [2.75, 3.05) is 5.75 Å². The van der Waals surface area contributed by atoms with Crippen molar-refractivity contribution in [2.45, 2.75) is 27.8 Å². The molecule has 7 heteroatoms. The summed E-state index contributed by atoms with van der Waals surface area (Å²) < 4.78 is 2.77. The van der Waals surface area contributed by atoms with E-state index < -0.39 is 0 Å². The van der Waals surface area contributed by atoms with Crippen LogP contribution in [0.15, 0.2) is 37.4 Å². The molecule has 0 radical (unpaired) electrons. The standard InChI is InChI=1S/C13H13BrN2OS3/c1-3-18-12-15-16-13(20-12)19-8(2)11(17)9-4-6-10(14)7-5-9/h4-8H,3H2,1-2H3. The van der Waals surface area contributed by atoms with Gasteiger partial charge in [-0.05, 0) is 24.8 Å². The van der Waals surface area contributed by atoms with Gasteiger partial charge in [0.2, 0.25) is 0 Å². The number of benzene rings is 1. The Kier molecular flexibility index (Phi) is 6.07. The molecule has 2 aromatic rings. The first-order valence-electron chi connectivity index (χ1n) is 6.03. The molecule has 1 aromatic carbocycles. The van der Waals surface area contributed by atoms with Crippen molar-refractivity contribution in [2.24, 2.45) is 0 Å². The maximum Gasteiger partial charge on any atom is 0.175 e. The van der Waals surface area contributed by atoms with Crippen LogP contribution < -0.4 is 0 Å². The lowest BCUT2D eigenvalue weighted by Gasteiger charge is -2.07. The maximum atomic E-state index is 12.3. The molecule has 0 fully saturated rings. The second-order valence-electron chi connectivity index (χ2n) is 3.90. The zero-order chi connectivity index (χ0) is 14.5. The molecular formula is C13H13BrN2OS3. The van der Waals surface area contributed by atoms with Gasteiger partial charge < -0.3 is 0 Å². The molecule has 2 rings (SSSR count). The Balaban J connectivity index is 2.01. The number of aromatic nitrogens is 2. The Morgan fingerprint density at radius 3 is 2.60 bits per heavy atom. The summed E-state index contributed by atoms with van der Waals surface area (Å²) in [5.41, 5.74) is 0.723. The summed E-state index contributed by atoms with van der Waals surface area (Å²) in [5, 5.41) is 8.05. The van der Waals surface area contributed by atoms with Crippen LogP contribution in [0.3, 0.4) is 0 Å². The van der Waals surface area contributed by atoms with E-state index in [4.69, 9.17) is 0 Å². The van der Waals surface area contributed by atoms with Crippen molar-refractivity contribution >= 4 is 56.6 Å². The molecule has 3 nitrogen and oxygen atoms in total. The zero-order valence-corrected chi connectivity index (χ0v) is 15.0. The summed E-state index contributed by atoms with van der Waals surface area (Å²) in [4.78, 5) is 12.3. The molecule has 1 unspecified atom stereocenters. The van der Waals surface area contributed by atoms with Crippen LogP contribution in [-0.4, -0.2) is 27.0 Å². The average molecular weight is 389 g/mol. The summed E-state index contributed by atoms with van der Waals surface area (Å²) in [5.74, 6) is 1.09. The van der Waals surface area contributed by atoms with Crippen LogP contribution in [0.25, 0.3) is 0 Å². The number of halogens is 1. The largest absolute Gasteiger partial charge is 0.293 e. The van der Waals surface area contributed by atoms with E-state index in [2.05, 4.69) is 33.1 Å². The van der Waals surface area contributed by atoms with E-state index in [0.29, 0.717) is 0 Å². The monoisotopic (exact) mass is 388 g/mol. The molecule has 0 saturated carbocycles. The van der Waals surface area contributed by atoms with Gasteiger partial charge in [-0.25, -0.2) is 0 Å². The minimum absolute atomic E-state index is 0.113. The van der Waals surface area contributed by atoms with Gasteiger partial charge in [-0.1, -0.05) is 69.8 Å². The summed E-state index contributed by atoms with van der Waals surface area (Å²) in [7, 11) is 0. The minimum Gasteiger partial charge on any atom is -0.293 e. The van der Waals surface area contributed by atoms with Crippen molar-refractivity contribution in [1.82, 2.24) is 10.2 Å². The third-order valence-electron chi connectivity index (χ3n) is 2.43. The highest BCUT2D eigenvalue weighted by Crippen LogP contribution is 2.32. The molecule has 0 spiro atoms. The minimum atomic E-state index is -0.163. The van der Waals surface area contributed by atoms with Gasteiger partial charge in [0.25, 0.3) is 0 Å². The smallest absolute Gasteiger partial charge is 0.175 e. The zero-order valence-electron chi connectivity index (χ0n) is 11.0. The Hall–Kier alpha value is -0.370. The summed E-state index contributed by atoms with van der Waals surface area (Å²) in [6.07, 6.45) is 0. The van der Waals surface area contributed by atoms with Crippen molar-refractivity contribution in [3.05, 3.63) is 34.3 Å². The van der Waals surface area contributed by atoms with Gasteiger partial charge in [-0.3, -0.25) is 4.79 Å². The fraction of sp³-hybridized carbons (Fsp3) is 0.308. The molecule has 1 heterocycles. The highest BCUT2D eigenvalue weighted by atomic mass is 79.9. The number of nitrogens with zero attached hydrogens (tertiary/aromatic N) is 2. The molecule has 0 aliphatic heterocycles. The van der Waals surface area contributed by atoms with Gasteiger partial charge in [0.1, 0.15) is 0 Å². The molecular weight excluding hydrogens is 376 g/mol. The molecule has 0 N–H and O–H groups in total. The summed E-state index contributed by atoms with van der Waals surface area (Å²) in [6.45, 7) is 3.99. The molecule has 0 aliphatic rings. The Morgan fingerprint density at radius 1 is 1.30 bits per heavy atom. The molecule has 20 heavy (non-hydrogen) atoms. The molecule has 0 amide bonds. The number of hydrogen-bond acceptors (Lipinski definition) is 6. The van der Waals surface area contributed by atoms with Crippen molar-refractivity contribution in [3.8, 4) is 0 Å². The third kappa shape index (κ3) is 4.31. The fourth-order valence-corrected chi connectivity index (χ4v) is 4.88. The van der Waals surface area contributed by atoms with Gasteiger partial charge in [-0.15, -0.1) is 10.2 Å². The van der Waals surface area contributed by atoms with Crippen LogP contribution in [0.4, 0.5) is 0 Å². The Labute approximate surface area is 139 Å². The van der Waals surface area contributed by atoms with E-state index in [-0.39, 0.29) is 11.0 Å². The Morgan fingerprint density at radius 2 is 1.95 bits per heavy atom. The van der Waals surface area contributed by atoms with E-state index in [0.717, 1.165) is 24.5 Å². The third-order valence-corrected chi connectivity index (χ3v) is 6.08. The topological polar surface area (TPSA) is 42.9 Å². The number of hydrogen-bond donors (Lipinski definition) is 0. The average Bonchev–Trinajstić information content (AvgIpc) is 2.86. The van der Waals surface area contributed by atoms with Crippen LogP contribution in [-0.2, 0) is 0 Å². The molecule has 0 aliphatic carbocycles. The second kappa shape index (κ2) is 7.59.